The van der Waals surface area contributed by atoms with Crippen molar-refractivity contribution in [1.82, 2.24) is 10.3 Å². The van der Waals surface area contributed by atoms with Gasteiger partial charge in [-0.15, -0.1) is 0 Å². The summed E-state index contributed by atoms with van der Waals surface area (Å²) >= 11 is 6.11. The number of aromatic amines is 1. The topological polar surface area (TPSA) is 71.2 Å². The average Bonchev–Trinajstić information content (AvgIpc) is 3.01. The lowest BCUT2D eigenvalue weighted by Crippen LogP contribution is -2.46. The fourth-order valence-corrected chi connectivity index (χ4v) is 3.39. The van der Waals surface area contributed by atoms with E-state index in [9.17, 15) is 9.59 Å². The van der Waals surface area contributed by atoms with Gasteiger partial charge >= 0.3 is 5.97 Å². The van der Waals surface area contributed by atoms with Crippen LogP contribution >= 0.6 is 11.6 Å². The van der Waals surface area contributed by atoms with Crippen LogP contribution in [0.2, 0.25) is 5.02 Å². The number of carbonyl (C=O) groups is 2. The standard InChI is InChI=1S/C21H23ClN2O3/c1-11(2)19(21(26)27-4)24-20(25)12(3)13-5-7-15-16-10-14(22)6-8-17(16)23-18(15)9-13/h5-12,19,23H,1-4H3,(H,24,25)/t12?,19-/m1/s1. The number of methoxy groups -OCH3 is 1. The molecule has 27 heavy (non-hydrogen) atoms. The molecule has 0 saturated carbocycles. The predicted molar refractivity (Wildman–Crippen MR) is 108 cm³/mol. The first-order chi connectivity index (χ1) is 12.8. The summed E-state index contributed by atoms with van der Waals surface area (Å²) in [6.45, 7) is 5.56. The Hall–Kier alpha value is -2.53. The molecule has 1 amide bonds. The quantitative estimate of drug-likeness (QED) is 0.639. The molecule has 1 aromatic heterocycles. The molecule has 3 rings (SSSR count). The molecule has 2 atom stereocenters. The van der Waals surface area contributed by atoms with E-state index in [1.54, 1.807) is 0 Å². The van der Waals surface area contributed by atoms with Crippen LogP contribution in [-0.4, -0.2) is 30.0 Å². The number of rotatable bonds is 5. The molecule has 2 aromatic carbocycles. The molecule has 2 N–H and O–H groups in total. The zero-order chi connectivity index (χ0) is 19.7. The number of aromatic nitrogens is 1. The Morgan fingerprint density at radius 1 is 1.04 bits per heavy atom. The molecule has 1 unspecified atom stereocenters. The highest BCUT2D eigenvalue weighted by Crippen LogP contribution is 2.30. The van der Waals surface area contributed by atoms with E-state index in [0.717, 1.165) is 27.4 Å². The van der Waals surface area contributed by atoms with E-state index in [-0.39, 0.29) is 11.8 Å². The molecular formula is C21H23ClN2O3. The summed E-state index contributed by atoms with van der Waals surface area (Å²) in [5, 5.41) is 5.59. The lowest BCUT2D eigenvalue weighted by Gasteiger charge is -2.22. The Labute approximate surface area is 163 Å². The minimum atomic E-state index is -0.663. The second-order valence-electron chi connectivity index (χ2n) is 7.10. The van der Waals surface area contributed by atoms with Crippen LogP contribution in [0.25, 0.3) is 21.8 Å². The summed E-state index contributed by atoms with van der Waals surface area (Å²) in [4.78, 5) is 27.9. The summed E-state index contributed by atoms with van der Waals surface area (Å²) in [5.41, 5.74) is 2.80. The number of halogens is 1. The maximum Gasteiger partial charge on any atom is 0.328 e. The van der Waals surface area contributed by atoms with Gasteiger partial charge in [0, 0.05) is 26.8 Å². The predicted octanol–water partition coefficient (Wildman–Crippen LogP) is 4.39. The Kier molecular flexibility index (Phi) is 5.42. The highest BCUT2D eigenvalue weighted by molar-refractivity contribution is 6.31. The second kappa shape index (κ2) is 7.61. The fourth-order valence-electron chi connectivity index (χ4n) is 3.22. The van der Waals surface area contributed by atoms with Crippen molar-refractivity contribution in [2.75, 3.05) is 7.11 Å². The third kappa shape index (κ3) is 3.78. The lowest BCUT2D eigenvalue weighted by atomic mass is 9.97. The third-order valence-electron chi connectivity index (χ3n) is 4.90. The average molecular weight is 387 g/mol. The van der Waals surface area contributed by atoms with Crippen molar-refractivity contribution in [2.24, 2.45) is 5.92 Å². The number of carbonyl (C=O) groups excluding carboxylic acids is 2. The number of fused-ring (bicyclic) bond motifs is 3. The molecule has 5 nitrogen and oxygen atoms in total. The maximum atomic E-state index is 12.7. The Morgan fingerprint density at radius 2 is 1.78 bits per heavy atom. The van der Waals surface area contributed by atoms with Crippen molar-refractivity contribution in [3.8, 4) is 0 Å². The minimum Gasteiger partial charge on any atom is -0.467 e. The number of H-pyrrole nitrogens is 1. The van der Waals surface area contributed by atoms with Gasteiger partial charge in [-0.2, -0.15) is 0 Å². The van der Waals surface area contributed by atoms with Gasteiger partial charge in [-0.3, -0.25) is 4.79 Å². The summed E-state index contributed by atoms with van der Waals surface area (Å²) in [7, 11) is 1.32. The van der Waals surface area contributed by atoms with Crippen LogP contribution < -0.4 is 5.32 Å². The van der Waals surface area contributed by atoms with Crippen LogP contribution in [0.5, 0.6) is 0 Å². The molecule has 0 saturated heterocycles. The largest absolute Gasteiger partial charge is 0.467 e. The summed E-state index contributed by atoms with van der Waals surface area (Å²) in [6.07, 6.45) is 0. The van der Waals surface area contributed by atoms with Gasteiger partial charge in [-0.1, -0.05) is 37.6 Å². The highest BCUT2D eigenvalue weighted by Gasteiger charge is 2.27. The molecule has 3 aromatic rings. The van der Waals surface area contributed by atoms with Crippen molar-refractivity contribution in [1.29, 1.82) is 0 Å². The zero-order valence-electron chi connectivity index (χ0n) is 15.8. The van der Waals surface area contributed by atoms with Crippen LogP contribution in [0.4, 0.5) is 0 Å². The number of nitrogens with one attached hydrogen (secondary N) is 2. The van der Waals surface area contributed by atoms with Gasteiger partial charge in [0.2, 0.25) is 5.91 Å². The van der Waals surface area contributed by atoms with Crippen molar-refractivity contribution >= 4 is 45.3 Å². The van der Waals surface area contributed by atoms with Gasteiger partial charge in [0.25, 0.3) is 0 Å². The van der Waals surface area contributed by atoms with Gasteiger partial charge in [-0.25, -0.2) is 4.79 Å². The molecule has 0 aliphatic heterocycles. The summed E-state index contributed by atoms with van der Waals surface area (Å²) in [6, 6.07) is 10.9. The number of esters is 1. The Balaban J connectivity index is 1.88. The Bertz CT molecular complexity index is 1010. The first kappa shape index (κ1) is 19.2. The van der Waals surface area contributed by atoms with Crippen molar-refractivity contribution in [3.05, 3.63) is 47.0 Å². The first-order valence-corrected chi connectivity index (χ1v) is 9.28. The highest BCUT2D eigenvalue weighted by atomic mass is 35.5. The number of ether oxygens (including phenoxy) is 1. The van der Waals surface area contributed by atoms with Crippen molar-refractivity contribution in [2.45, 2.75) is 32.7 Å². The normalized spacial score (nSPS) is 13.7. The molecule has 142 valence electrons. The fraction of sp³-hybridized carbons (Fsp3) is 0.333. The molecule has 0 aliphatic rings. The Morgan fingerprint density at radius 3 is 2.44 bits per heavy atom. The molecule has 6 heteroatoms. The smallest absolute Gasteiger partial charge is 0.328 e. The van der Waals surface area contributed by atoms with E-state index >= 15 is 0 Å². The van der Waals surface area contributed by atoms with Crippen LogP contribution in [0.15, 0.2) is 36.4 Å². The summed E-state index contributed by atoms with van der Waals surface area (Å²) < 4.78 is 4.79. The number of amides is 1. The van der Waals surface area contributed by atoms with E-state index in [4.69, 9.17) is 16.3 Å². The van der Waals surface area contributed by atoms with Crippen molar-refractivity contribution in [3.63, 3.8) is 0 Å². The molecule has 0 spiro atoms. The lowest BCUT2D eigenvalue weighted by molar-refractivity contribution is -0.146. The molecule has 0 aliphatic carbocycles. The molecular weight excluding hydrogens is 364 g/mol. The van der Waals surface area contributed by atoms with E-state index in [1.807, 2.05) is 57.2 Å². The number of hydrogen-bond donors (Lipinski definition) is 2. The van der Waals surface area contributed by atoms with Crippen LogP contribution in [-0.2, 0) is 14.3 Å². The van der Waals surface area contributed by atoms with Gasteiger partial charge in [0.05, 0.1) is 13.0 Å². The minimum absolute atomic E-state index is 0.0606. The monoisotopic (exact) mass is 386 g/mol. The zero-order valence-corrected chi connectivity index (χ0v) is 16.6. The van der Waals surface area contributed by atoms with Crippen molar-refractivity contribution < 1.29 is 14.3 Å². The molecule has 0 radical (unpaired) electrons. The maximum absolute atomic E-state index is 12.7. The molecule has 0 bridgehead atoms. The molecule has 0 fully saturated rings. The second-order valence-corrected chi connectivity index (χ2v) is 7.53. The van der Waals surface area contributed by atoms with Gasteiger partial charge in [0.15, 0.2) is 0 Å². The van der Waals surface area contributed by atoms with E-state index in [2.05, 4.69) is 10.3 Å². The van der Waals surface area contributed by atoms with E-state index in [0.29, 0.717) is 5.02 Å². The van der Waals surface area contributed by atoms with Crippen LogP contribution in [0.3, 0.4) is 0 Å². The van der Waals surface area contributed by atoms with Gasteiger partial charge in [-0.05, 0) is 42.7 Å². The first-order valence-electron chi connectivity index (χ1n) is 8.91. The summed E-state index contributed by atoms with van der Waals surface area (Å²) in [5.74, 6) is -1.11. The SMILES string of the molecule is COC(=O)[C@H](NC(=O)C(C)c1ccc2c(c1)[nH]c1ccc(Cl)cc12)C(C)C. The van der Waals surface area contributed by atoms with E-state index < -0.39 is 17.9 Å². The van der Waals surface area contributed by atoms with E-state index in [1.165, 1.54) is 7.11 Å². The third-order valence-corrected chi connectivity index (χ3v) is 5.13. The number of hydrogen-bond acceptors (Lipinski definition) is 3. The van der Waals surface area contributed by atoms with Gasteiger partial charge < -0.3 is 15.0 Å². The van der Waals surface area contributed by atoms with Crippen LogP contribution in [0, 0.1) is 5.92 Å². The molecule has 1 heterocycles. The number of benzene rings is 2. The van der Waals surface area contributed by atoms with Crippen LogP contribution in [0.1, 0.15) is 32.3 Å². The van der Waals surface area contributed by atoms with Gasteiger partial charge in [0.1, 0.15) is 6.04 Å².